The number of ether oxygens (including phenoxy) is 3. The van der Waals surface area contributed by atoms with Crippen LogP contribution in [0.15, 0.2) is 66.7 Å². The molecule has 3 aromatic carbocycles. The standard InChI is InChI=1S/C24H21IO5/c1-28-22-12-17(8-10-20(26)19-14-18(25)9-11-21(19)27)13-23(29-2)24(22)30-15-16-6-4-3-5-7-16/h3-14,27H,15H2,1-2H3/b10-8+. The predicted octanol–water partition coefficient (Wildman–Crippen LogP) is 5.49. The molecule has 0 aliphatic carbocycles. The van der Waals surface area contributed by atoms with Crippen LogP contribution in [0.3, 0.4) is 0 Å². The quantitative estimate of drug-likeness (QED) is 0.244. The van der Waals surface area contributed by atoms with Gasteiger partial charge in [-0.25, -0.2) is 0 Å². The molecule has 6 heteroatoms. The molecule has 0 saturated heterocycles. The lowest BCUT2D eigenvalue weighted by Crippen LogP contribution is -2.01. The molecule has 5 nitrogen and oxygen atoms in total. The van der Waals surface area contributed by atoms with E-state index < -0.39 is 0 Å². The Hall–Kier alpha value is -3.00. The monoisotopic (exact) mass is 516 g/mol. The van der Waals surface area contributed by atoms with Crippen LogP contribution in [0.2, 0.25) is 0 Å². The van der Waals surface area contributed by atoms with Gasteiger partial charge in [-0.05, 0) is 70.1 Å². The van der Waals surface area contributed by atoms with Crippen molar-refractivity contribution in [2.45, 2.75) is 6.61 Å². The van der Waals surface area contributed by atoms with E-state index in [0.717, 1.165) is 9.13 Å². The molecule has 0 heterocycles. The Balaban J connectivity index is 1.84. The zero-order chi connectivity index (χ0) is 21.5. The molecule has 1 N–H and O–H groups in total. The Morgan fingerprint density at radius 2 is 1.67 bits per heavy atom. The van der Waals surface area contributed by atoms with E-state index in [9.17, 15) is 9.90 Å². The molecule has 0 bridgehead atoms. The lowest BCUT2D eigenvalue weighted by molar-refractivity contribution is 0.104. The van der Waals surface area contributed by atoms with Crippen LogP contribution in [0.4, 0.5) is 0 Å². The summed E-state index contributed by atoms with van der Waals surface area (Å²) >= 11 is 2.10. The topological polar surface area (TPSA) is 65.0 Å². The van der Waals surface area contributed by atoms with Crippen LogP contribution in [0.1, 0.15) is 21.5 Å². The Morgan fingerprint density at radius 1 is 1.00 bits per heavy atom. The van der Waals surface area contributed by atoms with Gasteiger partial charge in [0.25, 0.3) is 0 Å². The van der Waals surface area contributed by atoms with Crippen LogP contribution in [0.5, 0.6) is 23.0 Å². The average molecular weight is 516 g/mol. The van der Waals surface area contributed by atoms with Gasteiger partial charge in [-0.3, -0.25) is 4.79 Å². The maximum absolute atomic E-state index is 12.5. The Kier molecular flexibility index (Phi) is 7.35. The Morgan fingerprint density at radius 3 is 2.30 bits per heavy atom. The summed E-state index contributed by atoms with van der Waals surface area (Å²) in [5.41, 5.74) is 1.97. The highest BCUT2D eigenvalue weighted by Gasteiger charge is 2.14. The summed E-state index contributed by atoms with van der Waals surface area (Å²) in [6, 6.07) is 18.2. The van der Waals surface area contributed by atoms with Crippen molar-refractivity contribution in [3.05, 3.63) is 87.0 Å². The molecule has 3 rings (SSSR count). The Bertz CT molecular complexity index is 1040. The summed E-state index contributed by atoms with van der Waals surface area (Å²) in [7, 11) is 3.10. The number of hydrogen-bond donors (Lipinski definition) is 1. The average Bonchev–Trinajstić information content (AvgIpc) is 2.78. The number of aromatic hydroxyl groups is 1. The Labute approximate surface area is 189 Å². The van der Waals surface area contributed by atoms with E-state index in [4.69, 9.17) is 14.2 Å². The van der Waals surface area contributed by atoms with Crippen LogP contribution in [0, 0.1) is 3.57 Å². The van der Waals surface area contributed by atoms with Gasteiger partial charge >= 0.3 is 0 Å². The van der Waals surface area contributed by atoms with Gasteiger partial charge in [0.1, 0.15) is 12.4 Å². The number of phenols is 1. The van der Waals surface area contributed by atoms with Gasteiger partial charge < -0.3 is 19.3 Å². The number of ketones is 1. The molecule has 0 radical (unpaired) electrons. The van der Waals surface area contributed by atoms with Crippen molar-refractivity contribution in [2.75, 3.05) is 14.2 Å². The molecule has 3 aromatic rings. The molecular weight excluding hydrogens is 495 g/mol. The minimum Gasteiger partial charge on any atom is -0.507 e. The van der Waals surface area contributed by atoms with Crippen LogP contribution >= 0.6 is 22.6 Å². The van der Waals surface area contributed by atoms with E-state index in [0.29, 0.717) is 29.4 Å². The molecule has 0 aliphatic heterocycles. The lowest BCUT2D eigenvalue weighted by atomic mass is 10.1. The molecular formula is C24H21IO5. The van der Waals surface area contributed by atoms with Crippen molar-refractivity contribution in [2.24, 2.45) is 0 Å². The van der Waals surface area contributed by atoms with Gasteiger partial charge in [-0.15, -0.1) is 0 Å². The van der Waals surface area contributed by atoms with Gasteiger partial charge in [0, 0.05) is 3.57 Å². The number of phenolic OH excluding ortho intramolecular Hbond substituents is 1. The number of rotatable bonds is 8. The van der Waals surface area contributed by atoms with E-state index in [1.54, 1.807) is 44.6 Å². The first-order valence-corrected chi connectivity index (χ1v) is 10.2. The van der Waals surface area contributed by atoms with Crippen molar-refractivity contribution < 1.29 is 24.1 Å². The number of carbonyl (C=O) groups excluding carboxylic acids is 1. The van der Waals surface area contributed by atoms with Crippen molar-refractivity contribution in [1.29, 1.82) is 0 Å². The fourth-order valence-electron chi connectivity index (χ4n) is 2.84. The molecule has 30 heavy (non-hydrogen) atoms. The summed E-state index contributed by atoms with van der Waals surface area (Å²) in [6.07, 6.45) is 3.05. The van der Waals surface area contributed by atoms with Crippen LogP contribution in [-0.4, -0.2) is 25.1 Å². The van der Waals surface area contributed by atoms with Gasteiger partial charge in [-0.2, -0.15) is 0 Å². The van der Waals surface area contributed by atoms with Crippen LogP contribution in [0.25, 0.3) is 6.08 Å². The van der Waals surface area contributed by atoms with E-state index in [1.165, 1.54) is 12.1 Å². The minimum atomic E-state index is -0.298. The SMILES string of the molecule is COc1cc(/C=C/C(=O)c2cc(I)ccc2O)cc(OC)c1OCc1ccccc1. The number of carbonyl (C=O) groups is 1. The van der Waals surface area contributed by atoms with Crippen LogP contribution in [-0.2, 0) is 6.61 Å². The molecule has 0 aromatic heterocycles. The second-order valence-corrected chi connectivity index (χ2v) is 7.63. The minimum absolute atomic E-state index is 0.0510. The first kappa shape index (κ1) is 21.7. The van der Waals surface area contributed by atoms with E-state index >= 15 is 0 Å². The van der Waals surface area contributed by atoms with E-state index in [1.807, 2.05) is 30.3 Å². The summed E-state index contributed by atoms with van der Waals surface area (Å²) in [5.74, 6) is 1.13. The molecule has 0 amide bonds. The lowest BCUT2D eigenvalue weighted by Gasteiger charge is -2.15. The number of methoxy groups -OCH3 is 2. The maximum Gasteiger partial charge on any atom is 0.203 e. The number of allylic oxidation sites excluding steroid dienone is 1. The molecule has 0 saturated carbocycles. The molecule has 154 valence electrons. The molecule has 0 aliphatic rings. The molecule has 0 fully saturated rings. The normalized spacial score (nSPS) is 10.8. The van der Waals surface area contributed by atoms with Gasteiger partial charge in [0.2, 0.25) is 5.75 Å². The number of benzene rings is 3. The number of hydrogen-bond acceptors (Lipinski definition) is 5. The van der Waals surface area contributed by atoms with E-state index in [-0.39, 0.29) is 17.1 Å². The van der Waals surface area contributed by atoms with Crippen molar-refractivity contribution in [3.63, 3.8) is 0 Å². The molecule has 0 atom stereocenters. The van der Waals surface area contributed by atoms with E-state index in [2.05, 4.69) is 22.6 Å². The first-order valence-electron chi connectivity index (χ1n) is 9.15. The highest BCUT2D eigenvalue weighted by atomic mass is 127. The summed E-state index contributed by atoms with van der Waals surface area (Å²) < 4.78 is 17.8. The first-order chi connectivity index (χ1) is 14.5. The second-order valence-electron chi connectivity index (χ2n) is 6.39. The molecule has 0 unspecified atom stereocenters. The third-order valence-corrected chi connectivity index (χ3v) is 5.03. The largest absolute Gasteiger partial charge is 0.507 e. The smallest absolute Gasteiger partial charge is 0.203 e. The summed E-state index contributed by atoms with van der Waals surface area (Å²) in [5, 5.41) is 9.94. The highest BCUT2D eigenvalue weighted by Crippen LogP contribution is 2.39. The van der Waals surface area contributed by atoms with Gasteiger partial charge in [-0.1, -0.05) is 36.4 Å². The van der Waals surface area contributed by atoms with Gasteiger partial charge in [0.15, 0.2) is 17.3 Å². The van der Waals surface area contributed by atoms with Crippen molar-refractivity contribution >= 4 is 34.5 Å². The summed E-state index contributed by atoms with van der Waals surface area (Å²) in [4.78, 5) is 12.5. The molecule has 0 spiro atoms. The highest BCUT2D eigenvalue weighted by molar-refractivity contribution is 14.1. The predicted molar refractivity (Wildman–Crippen MR) is 125 cm³/mol. The van der Waals surface area contributed by atoms with Gasteiger partial charge in [0.05, 0.1) is 19.8 Å². The fraction of sp³-hybridized carbons (Fsp3) is 0.125. The van der Waals surface area contributed by atoms with Crippen molar-refractivity contribution in [1.82, 2.24) is 0 Å². The third kappa shape index (κ3) is 5.33. The van der Waals surface area contributed by atoms with Crippen LogP contribution < -0.4 is 14.2 Å². The fourth-order valence-corrected chi connectivity index (χ4v) is 3.33. The maximum atomic E-state index is 12.5. The van der Waals surface area contributed by atoms with Crippen molar-refractivity contribution in [3.8, 4) is 23.0 Å². The third-order valence-electron chi connectivity index (χ3n) is 4.36. The number of halogens is 1. The summed E-state index contributed by atoms with van der Waals surface area (Å²) in [6.45, 7) is 0.368. The second kappa shape index (κ2) is 10.2. The zero-order valence-electron chi connectivity index (χ0n) is 16.6. The zero-order valence-corrected chi connectivity index (χ0v) is 18.8.